The summed E-state index contributed by atoms with van der Waals surface area (Å²) in [7, 11) is 1.55. The molecule has 1 atom stereocenters. The van der Waals surface area contributed by atoms with E-state index >= 15 is 0 Å². The Balaban J connectivity index is 2.34. The van der Waals surface area contributed by atoms with Gasteiger partial charge in [0.25, 0.3) is 0 Å². The van der Waals surface area contributed by atoms with E-state index in [-0.39, 0.29) is 11.8 Å². The zero-order chi connectivity index (χ0) is 13.1. The Morgan fingerprint density at radius 2 is 2.39 bits per heavy atom. The summed E-state index contributed by atoms with van der Waals surface area (Å²) in [5, 5.41) is 9.15. The molecule has 1 aromatic rings. The van der Waals surface area contributed by atoms with Gasteiger partial charge in [-0.2, -0.15) is 17.9 Å². The molecule has 18 heavy (non-hydrogen) atoms. The molecular weight excluding hydrogens is 248 g/mol. The first-order valence-corrected chi connectivity index (χ1v) is 6.32. The summed E-state index contributed by atoms with van der Waals surface area (Å²) in [5.74, 6) is 1.61. The molecular formula is C13H14N2O2S. The SMILES string of the molecule is COc1ccc(N2CC(CS)CC2=O)c(C#N)c1. The first-order valence-electron chi connectivity index (χ1n) is 5.69. The second kappa shape index (κ2) is 5.32. The highest BCUT2D eigenvalue weighted by Crippen LogP contribution is 2.30. The monoisotopic (exact) mass is 262 g/mol. The van der Waals surface area contributed by atoms with E-state index in [0.29, 0.717) is 35.7 Å². The minimum Gasteiger partial charge on any atom is -0.497 e. The second-order valence-electron chi connectivity index (χ2n) is 4.25. The van der Waals surface area contributed by atoms with Crippen LogP contribution in [-0.2, 0) is 4.79 Å². The zero-order valence-electron chi connectivity index (χ0n) is 10.1. The van der Waals surface area contributed by atoms with E-state index in [1.165, 1.54) is 0 Å². The topological polar surface area (TPSA) is 53.3 Å². The number of anilines is 1. The maximum Gasteiger partial charge on any atom is 0.227 e. The fraction of sp³-hybridized carbons (Fsp3) is 0.385. The number of carbonyl (C=O) groups excluding carboxylic acids is 1. The van der Waals surface area contributed by atoms with Crippen LogP contribution in [0.4, 0.5) is 5.69 Å². The Morgan fingerprint density at radius 1 is 1.61 bits per heavy atom. The molecule has 5 heteroatoms. The third-order valence-corrected chi connectivity index (χ3v) is 3.59. The fourth-order valence-electron chi connectivity index (χ4n) is 2.10. The maximum atomic E-state index is 11.9. The number of rotatable bonds is 3. The van der Waals surface area contributed by atoms with E-state index in [1.807, 2.05) is 0 Å². The number of benzene rings is 1. The summed E-state index contributed by atoms with van der Waals surface area (Å²) in [4.78, 5) is 13.6. The van der Waals surface area contributed by atoms with Crippen molar-refractivity contribution in [3.8, 4) is 11.8 Å². The molecule has 0 saturated carbocycles. The molecule has 0 radical (unpaired) electrons. The van der Waals surface area contributed by atoms with Gasteiger partial charge in [-0.25, -0.2) is 0 Å². The number of ether oxygens (including phenoxy) is 1. The molecule has 1 fully saturated rings. The normalized spacial score (nSPS) is 18.8. The van der Waals surface area contributed by atoms with Gasteiger partial charge in [0.1, 0.15) is 11.8 Å². The summed E-state index contributed by atoms with van der Waals surface area (Å²) >= 11 is 4.23. The highest BCUT2D eigenvalue weighted by atomic mass is 32.1. The summed E-state index contributed by atoms with van der Waals surface area (Å²) in [6, 6.07) is 7.28. The Hall–Kier alpha value is -1.67. The number of carbonyl (C=O) groups is 1. The van der Waals surface area contributed by atoms with Gasteiger partial charge in [0.05, 0.1) is 18.4 Å². The number of thiol groups is 1. The molecule has 1 saturated heterocycles. The van der Waals surface area contributed by atoms with E-state index in [9.17, 15) is 4.79 Å². The number of hydrogen-bond donors (Lipinski definition) is 1. The summed E-state index contributed by atoms with van der Waals surface area (Å²) < 4.78 is 5.08. The highest BCUT2D eigenvalue weighted by Gasteiger charge is 2.31. The van der Waals surface area contributed by atoms with Gasteiger partial charge in [-0.3, -0.25) is 4.79 Å². The molecule has 0 N–H and O–H groups in total. The van der Waals surface area contributed by atoms with Gasteiger partial charge in [-0.05, 0) is 29.9 Å². The Bertz CT molecular complexity index is 510. The van der Waals surface area contributed by atoms with Crippen molar-refractivity contribution in [2.45, 2.75) is 6.42 Å². The largest absolute Gasteiger partial charge is 0.497 e. The summed E-state index contributed by atoms with van der Waals surface area (Å²) in [5.41, 5.74) is 1.12. The van der Waals surface area contributed by atoms with Crippen LogP contribution in [0.2, 0.25) is 0 Å². The van der Waals surface area contributed by atoms with Gasteiger partial charge < -0.3 is 9.64 Å². The molecule has 4 nitrogen and oxygen atoms in total. The van der Waals surface area contributed by atoms with Gasteiger partial charge in [0, 0.05) is 13.0 Å². The lowest BCUT2D eigenvalue weighted by molar-refractivity contribution is -0.117. The van der Waals surface area contributed by atoms with E-state index in [1.54, 1.807) is 30.2 Å². The number of nitrogens with zero attached hydrogens (tertiary/aromatic N) is 2. The van der Waals surface area contributed by atoms with Gasteiger partial charge in [-0.1, -0.05) is 0 Å². The third kappa shape index (κ3) is 2.29. The van der Waals surface area contributed by atoms with Crippen LogP contribution in [0.3, 0.4) is 0 Å². The van der Waals surface area contributed by atoms with Crippen LogP contribution in [0.5, 0.6) is 5.75 Å². The van der Waals surface area contributed by atoms with Crippen LogP contribution in [0.15, 0.2) is 18.2 Å². The molecule has 0 aromatic heterocycles. The molecule has 1 aliphatic rings. The first kappa shape index (κ1) is 12.8. The van der Waals surface area contributed by atoms with Crippen LogP contribution in [0.1, 0.15) is 12.0 Å². The van der Waals surface area contributed by atoms with Crippen molar-refractivity contribution >= 4 is 24.2 Å². The van der Waals surface area contributed by atoms with Crippen molar-refractivity contribution in [3.05, 3.63) is 23.8 Å². The fourth-order valence-corrected chi connectivity index (χ4v) is 2.35. The van der Waals surface area contributed by atoms with Crippen LogP contribution in [-0.4, -0.2) is 25.3 Å². The second-order valence-corrected chi connectivity index (χ2v) is 4.62. The lowest BCUT2D eigenvalue weighted by Gasteiger charge is -2.18. The molecule has 0 bridgehead atoms. The average Bonchev–Trinajstić information content (AvgIpc) is 2.79. The van der Waals surface area contributed by atoms with Crippen LogP contribution >= 0.6 is 12.6 Å². The van der Waals surface area contributed by atoms with Crippen molar-refractivity contribution in [2.75, 3.05) is 24.3 Å². The average molecular weight is 262 g/mol. The van der Waals surface area contributed by atoms with Gasteiger partial charge in [-0.15, -0.1) is 0 Å². The first-order chi connectivity index (χ1) is 8.69. The molecule has 0 aliphatic carbocycles. The van der Waals surface area contributed by atoms with Gasteiger partial charge >= 0.3 is 0 Å². The lowest BCUT2D eigenvalue weighted by atomic mass is 10.1. The van der Waals surface area contributed by atoms with E-state index in [4.69, 9.17) is 10.00 Å². The smallest absolute Gasteiger partial charge is 0.227 e. The molecule has 1 aromatic carbocycles. The standard InChI is InChI=1S/C13H14N2O2S/c1-17-11-2-3-12(10(5-11)6-14)15-7-9(8-18)4-13(15)16/h2-3,5,9,18H,4,7-8H2,1H3. The van der Waals surface area contributed by atoms with E-state index < -0.39 is 0 Å². The number of nitriles is 1. The third-order valence-electron chi connectivity index (χ3n) is 3.08. The minimum atomic E-state index is 0.0516. The lowest BCUT2D eigenvalue weighted by Crippen LogP contribution is -2.25. The van der Waals surface area contributed by atoms with Crippen molar-refractivity contribution in [1.82, 2.24) is 0 Å². The van der Waals surface area contributed by atoms with Crippen molar-refractivity contribution in [3.63, 3.8) is 0 Å². The Morgan fingerprint density at radius 3 is 2.94 bits per heavy atom. The number of amides is 1. The van der Waals surface area contributed by atoms with E-state index in [2.05, 4.69) is 18.7 Å². The number of hydrogen-bond acceptors (Lipinski definition) is 4. The molecule has 94 valence electrons. The van der Waals surface area contributed by atoms with Crippen molar-refractivity contribution in [1.29, 1.82) is 5.26 Å². The van der Waals surface area contributed by atoms with Crippen molar-refractivity contribution in [2.24, 2.45) is 5.92 Å². The zero-order valence-corrected chi connectivity index (χ0v) is 11.0. The van der Waals surface area contributed by atoms with Crippen LogP contribution < -0.4 is 9.64 Å². The molecule has 2 rings (SSSR count). The summed E-state index contributed by atoms with van der Waals surface area (Å²) in [6.45, 7) is 0.628. The number of methoxy groups -OCH3 is 1. The van der Waals surface area contributed by atoms with Crippen LogP contribution in [0, 0.1) is 17.2 Å². The predicted molar refractivity (Wildman–Crippen MR) is 72.0 cm³/mol. The van der Waals surface area contributed by atoms with Crippen LogP contribution in [0.25, 0.3) is 0 Å². The maximum absolute atomic E-state index is 11.9. The summed E-state index contributed by atoms with van der Waals surface area (Å²) in [6.07, 6.45) is 0.500. The highest BCUT2D eigenvalue weighted by molar-refractivity contribution is 7.80. The minimum absolute atomic E-state index is 0.0516. The molecule has 0 spiro atoms. The molecule has 1 amide bonds. The van der Waals surface area contributed by atoms with Crippen molar-refractivity contribution < 1.29 is 9.53 Å². The molecule has 1 unspecified atom stereocenters. The van der Waals surface area contributed by atoms with Gasteiger partial charge in [0.2, 0.25) is 5.91 Å². The quantitative estimate of drug-likeness (QED) is 0.846. The van der Waals surface area contributed by atoms with E-state index in [0.717, 1.165) is 0 Å². The van der Waals surface area contributed by atoms with Gasteiger partial charge in [0.15, 0.2) is 0 Å². The predicted octanol–water partition coefficient (Wildman–Crippen LogP) is 1.85. The Kier molecular flexibility index (Phi) is 3.78. The molecule has 1 aliphatic heterocycles. The molecule has 1 heterocycles. The Labute approximate surface area is 112 Å².